The molecule has 0 unspecified atom stereocenters. The molecule has 1 amide bonds. The number of hydrogen-bond donors (Lipinski definition) is 2. The highest BCUT2D eigenvalue weighted by Crippen LogP contribution is 2.32. The fraction of sp³-hybridized carbons (Fsp3) is 0.348. The van der Waals surface area contributed by atoms with Crippen LogP contribution in [-0.4, -0.2) is 66.0 Å². The molecule has 0 saturated carbocycles. The lowest BCUT2D eigenvalue weighted by molar-refractivity contribution is 0.0730. The van der Waals surface area contributed by atoms with E-state index in [-0.39, 0.29) is 10.8 Å². The molecule has 0 atom stereocenters. The minimum atomic E-state index is -3.55. The Morgan fingerprint density at radius 2 is 1.79 bits per heavy atom. The number of benzene rings is 1. The first kappa shape index (κ1) is 22.5. The van der Waals surface area contributed by atoms with Gasteiger partial charge in [0.1, 0.15) is 5.69 Å². The number of morpholine rings is 1. The summed E-state index contributed by atoms with van der Waals surface area (Å²) >= 11 is 0. The summed E-state index contributed by atoms with van der Waals surface area (Å²) < 4.78 is 34.4. The van der Waals surface area contributed by atoms with Crippen LogP contribution in [0.25, 0.3) is 11.3 Å². The third kappa shape index (κ3) is 3.95. The van der Waals surface area contributed by atoms with Gasteiger partial charge in [-0.1, -0.05) is 0 Å². The summed E-state index contributed by atoms with van der Waals surface area (Å²) in [6.45, 7) is 6.77. The third-order valence-corrected chi connectivity index (χ3v) is 8.15. The van der Waals surface area contributed by atoms with Crippen molar-refractivity contribution in [1.82, 2.24) is 24.2 Å². The summed E-state index contributed by atoms with van der Waals surface area (Å²) in [5, 5.41) is 6.04. The number of amides is 1. The van der Waals surface area contributed by atoms with Gasteiger partial charge in [0, 0.05) is 49.3 Å². The number of nitrogens with zero attached hydrogens (tertiary/aromatic N) is 4. The molecular formula is C23H26N6O4S. The SMILES string of the molecule is Cc1c(-c2ccnc(Nc3ccc(S(=O)(=O)N4CCOCC4)cc3)n2)c(C)n2c1C(=O)NCC2. The van der Waals surface area contributed by atoms with E-state index in [0.29, 0.717) is 55.9 Å². The van der Waals surface area contributed by atoms with E-state index in [1.54, 1.807) is 30.5 Å². The second kappa shape index (κ2) is 8.82. The minimum Gasteiger partial charge on any atom is -0.379 e. The van der Waals surface area contributed by atoms with Crippen LogP contribution in [0.5, 0.6) is 0 Å². The highest BCUT2D eigenvalue weighted by Gasteiger charge is 2.27. The summed E-state index contributed by atoms with van der Waals surface area (Å²) in [6.07, 6.45) is 1.66. The van der Waals surface area contributed by atoms with Crippen molar-refractivity contribution in [3.63, 3.8) is 0 Å². The zero-order valence-corrected chi connectivity index (χ0v) is 19.9. The van der Waals surface area contributed by atoms with E-state index < -0.39 is 10.0 Å². The molecule has 0 aliphatic carbocycles. The van der Waals surface area contributed by atoms with Crippen LogP contribution in [0.4, 0.5) is 11.6 Å². The number of ether oxygens (including phenoxy) is 1. The summed E-state index contributed by atoms with van der Waals surface area (Å²) in [5.74, 6) is 0.311. The largest absolute Gasteiger partial charge is 0.379 e. The molecule has 0 bridgehead atoms. The molecule has 3 aromatic rings. The van der Waals surface area contributed by atoms with Crippen molar-refractivity contribution in [2.75, 3.05) is 38.2 Å². The van der Waals surface area contributed by atoms with Gasteiger partial charge >= 0.3 is 0 Å². The molecule has 2 aromatic heterocycles. The first-order valence-electron chi connectivity index (χ1n) is 11.1. The van der Waals surface area contributed by atoms with Gasteiger partial charge in [-0.2, -0.15) is 4.31 Å². The van der Waals surface area contributed by atoms with Gasteiger partial charge in [0.2, 0.25) is 16.0 Å². The lowest BCUT2D eigenvalue weighted by Crippen LogP contribution is -2.40. The Hall–Kier alpha value is -3.28. The molecule has 10 nitrogen and oxygen atoms in total. The normalized spacial score (nSPS) is 16.7. The number of carbonyl (C=O) groups is 1. The van der Waals surface area contributed by atoms with E-state index >= 15 is 0 Å². The van der Waals surface area contributed by atoms with Crippen LogP contribution < -0.4 is 10.6 Å². The Morgan fingerprint density at radius 1 is 1.06 bits per heavy atom. The third-order valence-electron chi connectivity index (χ3n) is 6.23. The first-order valence-corrected chi connectivity index (χ1v) is 12.6. The molecule has 178 valence electrons. The molecule has 2 aliphatic heterocycles. The maximum absolute atomic E-state index is 12.8. The molecule has 0 radical (unpaired) electrons. The molecule has 2 aliphatic rings. The number of nitrogens with one attached hydrogen (secondary N) is 2. The molecule has 2 N–H and O–H groups in total. The van der Waals surface area contributed by atoms with Gasteiger partial charge in [-0.25, -0.2) is 18.4 Å². The molecule has 1 saturated heterocycles. The second-order valence-electron chi connectivity index (χ2n) is 8.27. The molecule has 1 aromatic carbocycles. The van der Waals surface area contributed by atoms with Crippen molar-refractivity contribution in [1.29, 1.82) is 0 Å². The van der Waals surface area contributed by atoms with Gasteiger partial charge in [0.15, 0.2) is 0 Å². The van der Waals surface area contributed by atoms with Crippen LogP contribution in [-0.2, 0) is 21.3 Å². The van der Waals surface area contributed by atoms with Gasteiger partial charge < -0.3 is 19.9 Å². The smallest absolute Gasteiger partial charge is 0.268 e. The average Bonchev–Trinajstić information content (AvgIpc) is 3.11. The van der Waals surface area contributed by atoms with Crippen LogP contribution in [0, 0.1) is 13.8 Å². The quantitative estimate of drug-likeness (QED) is 0.571. The Morgan fingerprint density at radius 3 is 2.50 bits per heavy atom. The number of fused-ring (bicyclic) bond motifs is 1. The zero-order valence-electron chi connectivity index (χ0n) is 19.0. The molecule has 34 heavy (non-hydrogen) atoms. The highest BCUT2D eigenvalue weighted by atomic mass is 32.2. The van der Waals surface area contributed by atoms with Crippen molar-refractivity contribution in [3.8, 4) is 11.3 Å². The highest BCUT2D eigenvalue weighted by molar-refractivity contribution is 7.89. The van der Waals surface area contributed by atoms with Gasteiger partial charge in [-0.3, -0.25) is 4.79 Å². The summed E-state index contributed by atoms with van der Waals surface area (Å²) in [5.41, 5.74) is 4.85. The van der Waals surface area contributed by atoms with Crippen LogP contribution in [0.1, 0.15) is 21.7 Å². The van der Waals surface area contributed by atoms with Crippen molar-refractivity contribution in [2.24, 2.45) is 0 Å². The molecule has 5 rings (SSSR count). The molecule has 1 fully saturated rings. The van der Waals surface area contributed by atoms with Crippen LogP contribution >= 0.6 is 0 Å². The van der Waals surface area contributed by atoms with Crippen LogP contribution in [0.2, 0.25) is 0 Å². The van der Waals surface area contributed by atoms with Gasteiger partial charge in [0.25, 0.3) is 5.91 Å². The van der Waals surface area contributed by atoms with E-state index in [0.717, 1.165) is 23.4 Å². The topological polar surface area (TPSA) is 118 Å². The number of rotatable bonds is 5. The molecule has 11 heteroatoms. The molecule has 4 heterocycles. The number of anilines is 2. The monoisotopic (exact) mass is 482 g/mol. The Labute approximate surface area is 198 Å². The van der Waals surface area contributed by atoms with Crippen molar-refractivity contribution in [2.45, 2.75) is 25.3 Å². The number of sulfonamides is 1. The maximum Gasteiger partial charge on any atom is 0.268 e. The van der Waals surface area contributed by atoms with Crippen LogP contribution in [0.15, 0.2) is 41.4 Å². The Kier molecular flexibility index (Phi) is 5.84. The summed E-state index contributed by atoms with van der Waals surface area (Å²) in [6, 6.07) is 8.36. The van der Waals surface area contributed by atoms with Gasteiger partial charge in [-0.05, 0) is 49.7 Å². The predicted molar refractivity (Wildman–Crippen MR) is 127 cm³/mol. The summed E-state index contributed by atoms with van der Waals surface area (Å²) in [7, 11) is -3.55. The fourth-order valence-electron chi connectivity index (χ4n) is 4.54. The Bertz CT molecular complexity index is 1340. The average molecular weight is 483 g/mol. The number of aromatic nitrogens is 3. The van der Waals surface area contributed by atoms with E-state index in [1.165, 1.54) is 4.31 Å². The first-order chi connectivity index (χ1) is 16.4. The van der Waals surface area contributed by atoms with Gasteiger partial charge in [0.05, 0.1) is 23.8 Å². The second-order valence-corrected chi connectivity index (χ2v) is 10.2. The lowest BCUT2D eigenvalue weighted by atomic mass is 10.1. The zero-order chi connectivity index (χ0) is 23.9. The van der Waals surface area contributed by atoms with Crippen LogP contribution in [0.3, 0.4) is 0 Å². The minimum absolute atomic E-state index is 0.0716. The number of carbonyl (C=O) groups excluding carboxylic acids is 1. The lowest BCUT2D eigenvalue weighted by Gasteiger charge is -2.26. The fourth-order valence-corrected chi connectivity index (χ4v) is 5.95. The van der Waals surface area contributed by atoms with Gasteiger partial charge in [-0.15, -0.1) is 0 Å². The maximum atomic E-state index is 12.8. The molecule has 0 spiro atoms. The summed E-state index contributed by atoms with van der Waals surface area (Å²) in [4.78, 5) is 21.6. The number of hydrogen-bond acceptors (Lipinski definition) is 7. The van der Waals surface area contributed by atoms with E-state index in [1.807, 2.05) is 24.5 Å². The van der Waals surface area contributed by atoms with Crippen molar-refractivity contribution >= 4 is 27.6 Å². The Balaban J connectivity index is 1.39. The van der Waals surface area contributed by atoms with E-state index in [9.17, 15) is 13.2 Å². The predicted octanol–water partition coefficient (Wildman–Crippen LogP) is 2.07. The van der Waals surface area contributed by atoms with Crippen molar-refractivity contribution in [3.05, 3.63) is 53.5 Å². The standard InChI is InChI=1S/C23H26N6O4S/c1-15-20(16(2)29-10-9-24-22(30)21(15)29)19-7-8-25-23(27-19)26-17-3-5-18(6-4-17)34(31,32)28-11-13-33-14-12-28/h3-8H,9-14H2,1-2H3,(H,24,30)(H,25,26,27). The van der Waals surface area contributed by atoms with E-state index in [4.69, 9.17) is 4.74 Å². The van der Waals surface area contributed by atoms with Crippen molar-refractivity contribution < 1.29 is 17.9 Å². The molecular weight excluding hydrogens is 456 g/mol. The van der Waals surface area contributed by atoms with E-state index in [2.05, 4.69) is 20.6 Å².